The molecule has 0 N–H and O–H groups in total. The minimum Gasteiger partial charge on any atom is -0.468 e. The van der Waals surface area contributed by atoms with Gasteiger partial charge in [0.15, 0.2) is 18.1 Å². The Hall–Kier alpha value is -4.96. The van der Waals surface area contributed by atoms with Gasteiger partial charge >= 0.3 is 0 Å². The molecule has 1 aliphatic heterocycles. The first-order valence-electron chi connectivity index (χ1n) is 12.2. The number of nitrogens with zero attached hydrogens (tertiary/aromatic N) is 7. The molecule has 0 aliphatic carbocycles. The van der Waals surface area contributed by atoms with E-state index in [-0.39, 0.29) is 12.5 Å². The molecule has 6 aromatic rings. The van der Waals surface area contributed by atoms with Gasteiger partial charge in [0.1, 0.15) is 12.1 Å². The predicted molar refractivity (Wildman–Crippen MR) is 143 cm³/mol. The SMILES string of the molecule is Cc1nn(-c2ccccc2)c2c1[C@@H](c1ccco1)c1c(ncn3nc(CO/N=C/c4ccccc4Cl)nc13)O2. The third-order valence-corrected chi connectivity index (χ3v) is 6.80. The van der Waals surface area contributed by atoms with Crippen LogP contribution in [0.4, 0.5) is 0 Å². The molecular weight excluding hydrogens is 518 g/mol. The summed E-state index contributed by atoms with van der Waals surface area (Å²) < 4.78 is 15.7. The van der Waals surface area contributed by atoms with E-state index in [4.69, 9.17) is 35.7 Å². The van der Waals surface area contributed by atoms with Crippen LogP contribution in [0, 0.1) is 6.92 Å². The van der Waals surface area contributed by atoms with E-state index in [1.54, 1.807) is 34.1 Å². The van der Waals surface area contributed by atoms with E-state index < -0.39 is 0 Å². The quantitative estimate of drug-likeness (QED) is 0.198. The number of aryl methyl sites for hydroxylation is 1. The molecule has 1 atom stereocenters. The van der Waals surface area contributed by atoms with Gasteiger partial charge in [-0.3, -0.25) is 0 Å². The van der Waals surface area contributed by atoms with Crippen molar-refractivity contribution in [2.75, 3.05) is 0 Å². The maximum atomic E-state index is 6.39. The number of aromatic nitrogens is 6. The number of halogens is 1. The lowest BCUT2D eigenvalue weighted by atomic mass is 9.88. The van der Waals surface area contributed by atoms with Crippen LogP contribution in [0.2, 0.25) is 5.02 Å². The van der Waals surface area contributed by atoms with E-state index in [1.165, 1.54) is 0 Å². The average Bonchev–Trinajstić information content (AvgIpc) is 3.71. The summed E-state index contributed by atoms with van der Waals surface area (Å²) in [6.45, 7) is 2.01. The van der Waals surface area contributed by atoms with E-state index >= 15 is 0 Å². The lowest BCUT2D eigenvalue weighted by molar-refractivity contribution is 0.126. The van der Waals surface area contributed by atoms with Crippen molar-refractivity contribution in [3.8, 4) is 17.4 Å². The normalized spacial score (nSPS) is 14.4. The number of para-hydroxylation sites is 1. The number of oxime groups is 1. The van der Waals surface area contributed by atoms with Crippen molar-refractivity contribution in [1.82, 2.24) is 29.4 Å². The van der Waals surface area contributed by atoms with Crippen LogP contribution in [0.3, 0.4) is 0 Å². The van der Waals surface area contributed by atoms with Gasteiger partial charge in [0, 0.05) is 10.6 Å². The van der Waals surface area contributed by atoms with Crippen molar-refractivity contribution in [2.24, 2.45) is 5.16 Å². The number of benzene rings is 2. The first-order valence-corrected chi connectivity index (χ1v) is 12.6. The molecule has 10 nitrogen and oxygen atoms in total. The molecule has 0 saturated heterocycles. The van der Waals surface area contributed by atoms with Crippen LogP contribution < -0.4 is 4.74 Å². The Morgan fingerprint density at radius 1 is 1.03 bits per heavy atom. The van der Waals surface area contributed by atoms with Gasteiger partial charge in [-0.1, -0.05) is 53.2 Å². The number of rotatable bonds is 6. The van der Waals surface area contributed by atoms with Crippen LogP contribution in [0.5, 0.6) is 11.8 Å². The van der Waals surface area contributed by atoms with E-state index in [0.717, 1.165) is 33.8 Å². The number of hydrogen-bond donors (Lipinski definition) is 0. The molecule has 11 heteroatoms. The predicted octanol–water partition coefficient (Wildman–Crippen LogP) is 5.70. The van der Waals surface area contributed by atoms with Gasteiger partial charge in [-0.25, -0.2) is 19.2 Å². The lowest BCUT2D eigenvalue weighted by Gasteiger charge is -2.24. The highest BCUT2D eigenvalue weighted by atomic mass is 35.5. The zero-order chi connectivity index (χ0) is 26.3. The summed E-state index contributed by atoms with van der Waals surface area (Å²) in [5.74, 6) is 1.79. The fourth-order valence-electron chi connectivity index (χ4n) is 4.74. The molecular formula is C28H20ClN7O3. The van der Waals surface area contributed by atoms with E-state index in [0.29, 0.717) is 28.3 Å². The molecule has 0 radical (unpaired) electrons. The number of hydrogen-bond acceptors (Lipinski definition) is 8. The minimum atomic E-state index is -0.358. The van der Waals surface area contributed by atoms with Gasteiger partial charge in [-0.2, -0.15) is 5.10 Å². The Bertz CT molecular complexity index is 1830. The van der Waals surface area contributed by atoms with Crippen LogP contribution in [-0.2, 0) is 11.4 Å². The molecule has 192 valence electrons. The third-order valence-electron chi connectivity index (χ3n) is 6.46. The maximum Gasteiger partial charge on any atom is 0.230 e. The second-order valence-electron chi connectivity index (χ2n) is 8.89. The fraction of sp³-hybridized carbons (Fsp3) is 0.107. The Kier molecular flexibility index (Phi) is 5.59. The summed E-state index contributed by atoms with van der Waals surface area (Å²) >= 11 is 6.17. The lowest BCUT2D eigenvalue weighted by Crippen LogP contribution is -2.15. The third kappa shape index (κ3) is 4.02. The molecule has 5 heterocycles. The highest BCUT2D eigenvalue weighted by Gasteiger charge is 2.39. The molecule has 0 unspecified atom stereocenters. The molecule has 0 bridgehead atoms. The van der Waals surface area contributed by atoms with Gasteiger partial charge in [0.2, 0.25) is 11.8 Å². The summed E-state index contributed by atoms with van der Waals surface area (Å²) in [6.07, 6.45) is 4.77. The van der Waals surface area contributed by atoms with Crippen LogP contribution >= 0.6 is 11.6 Å². The largest absolute Gasteiger partial charge is 0.468 e. The number of fused-ring (bicyclic) bond motifs is 4. The van der Waals surface area contributed by atoms with Gasteiger partial charge in [0.25, 0.3) is 0 Å². The summed E-state index contributed by atoms with van der Waals surface area (Å²) in [4.78, 5) is 14.8. The van der Waals surface area contributed by atoms with Crippen molar-refractivity contribution in [1.29, 1.82) is 0 Å². The topological polar surface area (TPSA) is 105 Å². The smallest absolute Gasteiger partial charge is 0.230 e. The number of furan rings is 1. The average molecular weight is 538 g/mol. The standard InChI is InChI=1S/C28H20ClN7O3/c1-17-23-24(21-12-7-13-37-21)25-26-32-22(15-38-31-14-18-8-5-6-11-20(18)29)34-35(26)16-30-27(25)39-28(23)36(33-17)19-9-3-2-4-10-19/h2-14,16,24H,15H2,1H3/b31-14+/t24-/m1/s1. The summed E-state index contributed by atoms with van der Waals surface area (Å²) in [5, 5.41) is 14.0. The molecule has 4 aromatic heterocycles. The molecule has 1 aliphatic rings. The van der Waals surface area contributed by atoms with Crippen molar-refractivity contribution in [2.45, 2.75) is 19.4 Å². The maximum absolute atomic E-state index is 6.39. The molecule has 0 amide bonds. The highest BCUT2D eigenvalue weighted by molar-refractivity contribution is 6.33. The van der Waals surface area contributed by atoms with Crippen molar-refractivity contribution in [3.63, 3.8) is 0 Å². The van der Waals surface area contributed by atoms with Gasteiger partial charge in [-0.05, 0) is 37.3 Å². The second kappa shape index (κ2) is 9.41. The van der Waals surface area contributed by atoms with Gasteiger partial charge in [0.05, 0.1) is 40.9 Å². The summed E-state index contributed by atoms with van der Waals surface area (Å²) in [7, 11) is 0. The monoisotopic (exact) mass is 537 g/mol. The van der Waals surface area contributed by atoms with Crippen LogP contribution in [-0.4, -0.2) is 35.6 Å². The Balaban J connectivity index is 1.28. The minimum absolute atomic E-state index is 0.0555. The summed E-state index contributed by atoms with van der Waals surface area (Å²) in [5.41, 5.74) is 4.62. The molecule has 39 heavy (non-hydrogen) atoms. The second-order valence-corrected chi connectivity index (χ2v) is 9.30. The molecule has 2 aromatic carbocycles. The summed E-state index contributed by atoms with van der Waals surface area (Å²) in [6, 6.07) is 21.0. The highest BCUT2D eigenvalue weighted by Crippen LogP contribution is 2.49. The van der Waals surface area contributed by atoms with E-state index in [1.807, 2.05) is 67.6 Å². The van der Waals surface area contributed by atoms with Crippen LogP contribution in [0.15, 0.2) is 88.9 Å². The van der Waals surface area contributed by atoms with Crippen LogP contribution in [0.1, 0.15) is 39.9 Å². The van der Waals surface area contributed by atoms with Crippen molar-refractivity contribution < 1.29 is 14.0 Å². The van der Waals surface area contributed by atoms with E-state index in [2.05, 4.69) is 15.2 Å². The molecule has 0 fully saturated rings. The van der Waals surface area contributed by atoms with Crippen molar-refractivity contribution in [3.05, 3.63) is 118 Å². The van der Waals surface area contributed by atoms with Gasteiger partial charge < -0.3 is 14.0 Å². The first kappa shape index (κ1) is 23.2. The molecule has 0 saturated carbocycles. The zero-order valence-electron chi connectivity index (χ0n) is 20.6. The Morgan fingerprint density at radius 2 is 1.87 bits per heavy atom. The van der Waals surface area contributed by atoms with E-state index in [9.17, 15) is 0 Å². The molecule has 0 spiro atoms. The fourth-order valence-corrected chi connectivity index (χ4v) is 4.92. The van der Waals surface area contributed by atoms with Crippen LogP contribution in [0.25, 0.3) is 11.3 Å². The Morgan fingerprint density at radius 3 is 2.69 bits per heavy atom. The van der Waals surface area contributed by atoms with Crippen molar-refractivity contribution >= 4 is 23.5 Å². The first-order chi connectivity index (χ1) is 19.2. The van der Waals surface area contributed by atoms with Gasteiger partial charge in [-0.15, -0.1) is 5.10 Å². The zero-order valence-corrected chi connectivity index (χ0v) is 21.4. The Labute approximate surface area is 227 Å². The number of ether oxygens (including phenoxy) is 1. The molecule has 7 rings (SSSR count).